The van der Waals surface area contributed by atoms with Crippen LogP contribution in [0, 0.1) is 12.7 Å². The van der Waals surface area contributed by atoms with Gasteiger partial charge >= 0.3 is 0 Å². The SMILES string of the molecule is Cc1cccc(C(=O)N2CCC(N(N)c3ccccn3)=C(N)C2)c1F. The highest BCUT2D eigenvalue weighted by atomic mass is 19.1. The Bertz CT molecular complexity index is 821. The van der Waals surface area contributed by atoms with E-state index in [1.807, 2.05) is 6.07 Å². The van der Waals surface area contributed by atoms with Crippen molar-refractivity contribution in [2.24, 2.45) is 11.6 Å². The number of rotatable bonds is 3. The van der Waals surface area contributed by atoms with E-state index in [0.717, 1.165) is 0 Å². The van der Waals surface area contributed by atoms with Crippen LogP contribution in [0.1, 0.15) is 22.3 Å². The molecule has 1 aromatic carbocycles. The first-order valence-electron chi connectivity index (χ1n) is 7.96. The number of hydrazine groups is 1. The number of carbonyl (C=O) groups is 1. The van der Waals surface area contributed by atoms with Gasteiger partial charge in [0.15, 0.2) is 0 Å². The van der Waals surface area contributed by atoms with Crippen LogP contribution in [0.2, 0.25) is 0 Å². The minimum absolute atomic E-state index is 0.0607. The van der Waals surface area contributed by atoms with Gasteiger partial charge < -0.3 is 10.6 Å². The van der Waals surface area contributed by atoms with E-state index >= 15 is 0 Å². The third-order valence-corrected chi connectivity index (χ3v) is 4.25. The van der Waals surface area contributed by atoms with Gasteiger partial charge in [0.1, 0.15) is 11.6 Å². The number of hydrogen-bond acceptors (Lipinski definition) is 5. The number of anilines is 1. The van der Waals surface area contributed by atoms with Crippen molar-refractivity contribution in [1.82, 2.24) is 9.88 Å². The largest absolute Gasteiger partial charge is 0.399 e. The molecule has 0 atom stereocenters. The van der Waals surface area contributed by atoms with E-state index in [0.29, 0.717) is 35.7 Å². The Morgan fingerprint density at radius 1 is 1.28 bits per heavy atom. The van der Waals surface area contributed by atoms with Crippen LogP contribution in [0.25, 0.3) is 0 Å². The van der Waals surface area contributed by atoms with Gasteiger partial charge in [0.2, 0.25) is 0 Å². The molecule has 0 bridgehead atoms. The topological polar surface area (TPSA) is 88.5 Å². The molecule has 4 N–H and O–H groups in total. The maximum atomic E-state index is 14.2. The molecule has 7 heteroatoms. The Morgan fingerprint density at radius 3 is 2.76 bits per heavy atom. The zero-order chi connectivity index (χ0) is 18.0. The molecule has 1 aliphatic heterocycles. The first kappa shape index (κ1) is 16.9. The summed E-state index contributed by atoms with van der Waals surface area (Å²) in [4.78, 5) is 18.3. The molecule has 130 valence electrons. The predicted octanol–water partition coefficient (Wildman–Crippen LogP) is 1.93. The fourth-order valence-electron chi connectivity index (χ4n) is 2.84. The summed E-state index contributed by atoms with van der Waals surface area (Å²) < 4.78 is 14.2. The number of nitrogens with zero attached hydrogens (tertiary/aromatic N) is 3. The van der Waals surface area contributed by atoms with Crippen LogP contribution < -0.4 is 16.6 Å². The van der Waals surface area contributed by atoms with E-state index in [1.165, 1.54) is 16.0 Å². The second kappa shape index (κ2) is 6.90. The second-order valence-corrected chi connectivity index (χ2v) is 5.94. The highest BCUT2D eigenvalue weighted by molar-refractivity contribution is 5.95. The summed E-state index contributed by atoms with van der Waals surface area (Å²) in [6.45, 7) is 2.23. The number of aromatic nitrogens is 1. The van der Waals surface area contributed by atoms with Crippen LogP contribution in [0.3, 0.4) is 0 Å². The van der Waals surface area contributed by atoms with Gasteiger partial charge in [-0.25, -0.2) is 15.2 Å². The molecule has 0 fully saturated rings. The molecule has 0 aliphatic carbocycles. The Kier molecular flexibility index (Phi) is 4.67. The molecule has 6 nitrogen and oxygen atoms in total. The molecule has 2 heterocycles. The van der Waals surface area contributed by atoms with Gasteiger partial charge in [0.25, 0.3) is 5.91 Å². The number of nitrogens with two attached hydrogens (primary N) is 2. The normalized spacial score (nSPS) is 14.6. The van der Waals surface area contributed by atoms with Gasteiger partial charge in [-0.1, -0.05) is 18.2 Å². The van der Waals surface area contributed by atoms with Crippen LogP contribution in [-0.4, -0.2) is 28.9 Å². The van der Waals surface area contributed by atoms with Crippen molar-refractivity contribution in [2.45, 2.75) is 13.3 Å². The first-order valence-corrected chi connectivity index (χ1v) is 7.96. The Morgan fingerprint density at radius 2 is 2.08 bits per heavy atom. The number of hydrogen-bond donors (Lipinski definition) is 2. The molecule has 1 aromatic heterocycles. The van der Waals surface area contributed by atoms with Crippen molar-refractivity contribution >= 4 is 11.7 Å². The van der Waals surface area contributed by atoms with Crippen molar-refractivity contribution in [3.63, 3.8) is 0 Å². The van der Waals surface area contributed by atoms with E-state index in [9.17, 15) is 9.18 Å². The molecule has 1 aliphatic rings. The van der Waals surface area contributed by atoms with Gasteiger partial charge in [-0.3, -0.25) is 9.80 Å². The minimum Gasteiger partial charge on any atom is -0.399 e. The van der Waals surface area contributed by atoms with Gasteiger partial charge in [0.05, 0.1) is 17.8 Å². The summed E-state index contributed by atoms with van der Waals surface area (Å²) >= 11 is 0. The van der Waals surface area contributed by atoms with E-state index < -0.39 is 5.82 Å². The van der Waals surface area contributed by atoms with E-state index in [1.54, 1.807) is 37.4 Å². The number of aryl methyl sites for hydroxylation is 1. The summed E-state index contributed by atoms with van der Waals surface area (Å²) in [6.07, 6.45) is 2.11. The summed E-state index contributed by atoms with van der Waals surface area (Å²) in [6, 6.07) is 10.2. The average molecular weight is 341 g/mol. The Hall–Kier alpha value is -2.93. The van der Waals surface area contributed by atoms with E-state index in [-0.39, 0.29) is 18.0 Å². The minimum atomic E-state index is -0.491. The molecule has 0 radical (unpaired) electrons. The molecule has 0 unspecified atom stereocenters. The zero-order valence-electron chi connectivity index (χ0n) is 13.9. The van der Waals surface area contributed by atoms with E-state index in [4.69, 9.17) is 11.6 Å². The Balaban J connectivity index is 1.80. The summed E-state index contributed by atoms with van der Waals surface area (Å²) in [5.74, 6) is 5.82. The third-order valence-electron chi connectivity index (χ3n) is 4.25. The quantitative estimate of drug-likeness (QED) is 0.658. The Labute approximate surface area is 145 Å². The van der Waals surface area contributed by atoms with Crippen LogP contribution >= 0.6 is 0 Å². The van der Waals surface area contributed by atoms with Gasteiger partial charge in [-0.05, 0) is 30.7 Å². The lowest BCUT2D eigenvalue weighted by Crippen LogP contribution is -2.44. The molecule has 0 spiro atoms. The molecule has 0 saturated carbocycles. The summed E-state index contributed by atoms with van der Waals surface area (Å²) in [7, 11) is 0. The van der Waals surface area contributed by atoms with Crippen molar-refractivity contribution in [1.29, 1.82) is 0 Å². The molecular formula is C18H20FN5O. The molecule has 0 saturated heterocycles. The molecule has 2 aromatic rings. The van der Waals surface area contributed by atoms with Gasteiger partial charge in [0, 0.05) is 24.9 Å². The number of benzene rings is 1. The monoisotopic (exact) mass is 341 g/mol. The maximum Gasteiger partial charge on any atom is 0.257 e. The van der Waals surface area contributed by atoms with Gasteiger partial charge in [-0.2, -0.15) is 0 Å². The third kappa shape index (κ3) is 3.32. The molecule has 1 amide bonds. The lowest BCUT2D eigenvalue weighted by Gasteiger charge is -2.33. The van der Waals surface area contributed by atoms with Crippen molar-refractivity contribution < 1.29 is 9.18 Å². The van der Waals surface area contributed by atoms with Crippen molar-refractivity contribution in [3.05, 3.63) is 70.9 Å². The van der Waals surface area contributed by atoms with Crippen LogP contribution in [0.15, 0.2) is 54.0 Å². The first-order chi connectivity index (χ1) is 12.0. The van der Waals surface area contributed by atoms with Crippen molar-refractivity contribution in [3.8, 4) is 0 Å². The molecule has 3 rings (SSSR count). The average Bonchev–Trinajstić information content (AvgIpc) is 2.63. The number of amides is 1. The lowest BCUT2D eigenvalue weighted by molar-refractivity contribution is 0.0757. The maximum absolute atomic E-state index is 14.2. The number of carbonyl (C=O) groups excluding carboxylic acids is 1. The van der Waals surface area contributed by atoms with Crippen LogP contribution in [0.4, 0.5) is 10.2 Å². The standard InChI is InChI=1S/C18H20FN5O/c1-12-5-4-6-13(17(12)19)18(25)23-10-8-15(14(20)11-23)24(21)16-7-2-3-9-22-16/h2-7,9H,8,10-11,20-21H2,1H3. The van der Waals surface area contributed by atoms with E-state index in [2.05, 4.69) is 4.98 Å². The fourth-order valence-corrected chi connectivity index (χ4v) is 2.84. The highest BCUT2D eigenvalue weighted by Crippen LogP contribution is 2.23. The van der Waals surface area contributed by atoms with Crippen LogP contribution in [0.5, 0.6) is 0 Å². The smallest absolute Gasteiger partial charge is 0.257 e. The fraction of sp³-hybridized carbons (Fsp3) is 0.222. The predicted molar refractivity (Wildman–Crippen MR) is 93.8 cm³/mol. The lowest BCUT2D eigenvalue weighted by atomic mass is 10.1. The summed E-state index contributed by atoms with van der Waals surface area (Å²) in [5.41, 5.74) is 7.82. The molecule has 25 heavy (non-hydrogen) atoms. The van der Waals surface area contributed by atoms with Crippen LogP contribution in [-0.2, 0) is 0 Å². The number of pyridine rings is 1. The van der Waals surface area contributed by atoms with Crippen molar-refractivity contribution in [2.75, 3.05) is 18.1 Å². The second-order valence-electron chi connectivity index (χ2n) is 5.94. The zero-order valence-corrected chi connectivity index (χ0v) is 13.9. The van der Waals surface area contributed by atoms with Gasteiger partial charge in [-0.15, -0.1) is 0 Å². The number of halogens is 1. The summed E-state index contributed by atoms with van der Waals surface area (Å²) in [5, 5.41) is 1.43. The highest BCUT2D eigenvalue weighted by Gasteiger charge is 2.27. The molecular weight excluding hydrogens is 321 g/mol.